The van der Waals surface area contributed by atoms with Gasteiger partial charge < -0.3 is 25.0 Å². The number of hydrogen-bond acceptors (Lipinski definition) is 5. The third kappa shape index (κ3) is 6.19. The minimum atomic E-state index is -0.165. The van der Waals surface area contributed by atoms with Crippen LogP contribution < -0.4 is 5.32 Å². The van der Waals surface area contributed by atoms with Crippen LogP contribution in [0.25, 0.3) is 0 Å². The lowest BCUT2D eigenvalue weighted by molar-refractivity contribution is -0.150. The van der Waals surface area contributed by atoms with Crippen molar-refractivity contribution < 1.29 is 19.4 Å². The van der Waals surface area contributed by atoms with Crippen LogP contribution in [0.1, 0.15) is 31.2 Å². The molecule has 1 aliphatic carbocycles. The molecule has 3 fully saturated rings. The molecule has 0 bridgehead atoms. The zero-order chi connectivity index (χ0) is 20.9. The van der Waals surface area contributed by atoms with E-state index in [9.17, 15) is 14.7 Å². The lowest BCUT2D eigenvalue weighted by Gasteiger charge is -2.38. The summed E-state index contributed by atoms with van der Waals surface area (Å²) in [6.07, 6.45) is 5.21. The zero-order valence-electron chi connectivity index (χ0n) is 17.6. The fraction of sp³-hybridized carbons (Fsp3) is 0.652. The van der Waals surface area contributed by atoms with E-state index < -0.39 is 0 Å². The molecule has 0 radical (unpaired) electrons. The monoisotopic (exact) mass is 415 g/mol. The molecule has 0 unspecified atom stereocenters. The number of ether oxygens (including phenoxy) is 1. The fourth-order valence-corrected chi connectivity index (χ4v) is 4.40. The van der Waals surface area contributed by atoms with E-state index in [0.717, 1.165) is 44.0 Å². The van der Waals surface area contributed by atoms with Crippen molar-refractivity contribution in [2.75, 3.05) is 45.9 Å². The SMILES string of the molecule is O=C(Cc1ccc(O)cc1)NC[C@@H]1CN(CC2CCN(CC3CC3)CC2)C(=O)CO1. The molecule has 2 saturated heterocycles. The second-order valence-corrected chi connectivity index (χ2v) is 9.07. The van der Waals surface area contributed by atoms with Crippen LogP contribution >= 0.6 is 0 Å². The zero-order valence-corrected chi connectivity index (χ0v) is 17.6. The van der Waals surface area contributed by atoms with Crippen LogP contribution in [0.15, 0.2) is 24.3 Å². The van der Waals surface area contributed by atoms with Crippen LogP contribution in [0.3, 0.4) is 0 Å². The van der Waals surface area contributed by atoms with E-state index in [4.69, 9.17) is 4.74 Å². The van der Waals surface area contributed by atoms with E-state index in [1.807, 2.05) is 4.90 Å². The van der Waals surface area contributed by atoms with Gasteiger partial charge >= 0.3 is 0 Å². The summed E-state index contributed by atoms with van der Waals surface area (Å²) in [6.45, 7) is 5.40. The maximum Gasteiger partial charge on any atom is 0.248 e. The van der Waals surface area contributed by atoms with Crippen LogP contribution in [0.2, 0.25) is 0 Å². The number of phenols is 1. The molecule has 0 aromatic heterocycles. The maximum absolute atomic E-state index is 12.3. The number of carbonyl (C=O) groups excluding carboxylic acids is 2. The number of benzene rings is 1. The highest BCUT2D eigenvalue weighted by atomic mass is 16.5. The number of morpholine rings is 1. The van der Waals surface area contributed by atoms with Crippen molar-refractivity contribution in [2.45, 2.75) is 38.2 Å². The summed E-state index contributed by atoms with van der Waals surface area (Å²) in [6, 6.07) is 6.63. The lowest BCUT2D eigenvalue weighted by atomic mass is 9.95. The molecule has 1 aromatic rings. The average Bonchev–Trinajstić information content (AvgIpc) is 3.56. The number of hydrogen-bond donors (Lipinski definition) is 2. The van der Waals surface area contributed by atoms with Gasteiger partial charge in [-0.1, -0.05) is 12.1 Å². The fourth-order valence-electron chi connectivity index (χ4n) is 4.40. The largest absolute Gasteiger partial charge is 0.508 e. The van der Waals surface area contributed by atoms with Gasteiger partial charge in [0.25, 0.3) is 0 Å². The highest BCUT2D eigenvalue weighted by Gasteiger charge is 2.31. The first-order chi connectivity index (χ1) is 14.5. The predicted octanol–water partition coefficient (Wildman–Crippen LogP) is 1.40. The van der Waals surface area contributed by atoms with Gasteiger partial charge in [-0.25, -0.2) is 0 Å². The number of carbonyl (C=O) groups is 2. The van der Waals surface area contributed by atoms with Crippen molar-refractivity contribution in [1.29, 1.82) is 0 Å². The van der Waals surface area contributed by atoms with Gasteiger partial charge in [-0.15, -0.1) is 0 Å². The Morgan fingerprint density at radius 2 is 1.77 bits per heavy atom. The molecule has 1 atom stereocenters. The standard InChI is InChI=1S/C23H33N3O4/c27-20-5-3-17(4-6-20)11-22(28)24-12-21-15-26(23(29)16-30-21)14-19-7-9-25(10-8-19)13-18-1-2-18/h3-6,18-19,21,27H,1-2,7-16H2,(H,24,28)/t21-/m1/s1. The van der Waals surface area contributed by atoms with Gasteiger partial charge in [0.2, 0.25) is 11.8 Å². The van der Waals surface area contributed by atoms with Crippen LogP contribution in [0, 0.1) is 11.8 Å². The van der Waals surface area contributed by atoms with Crippen molar-refractivity contribution >= 4 is 11.8 Å². The van der Waals surface area contributed by atoms with Crippen LogP contribution in [-0.4, -0.2) is 78.7 Å². The van der Waals surface area contributed by atoms with E-state index in [1.54, 1.807) is 24.3 Å². The summed E-state index contributed by atoms with van der Waals surface area (Å²) in [5.74, 6) is 1.66. The molecule has 164 valence electrons. The number of likely N-dealkylation sites (tertiary alicyclic amines) is 1. The van der Waals surface area contributed by atoms with E-state index in [0.29, 0.717) is 19.0 Å². The summed E-state index contributed by atoms with van der Waals surface area (Å²) in [4.78, 5) is 29.0. The Bertz CT molecular complexity index is 726. The molecule has 2 heterocycles. The molecule has 0 spiro atoms. The molecular formula is C23H33N3O4. The number of amides is 2. The summed E-state index contributed by atoms with van der Waals surface area (Å²) in [5.41, 5.74) is 0.847. The minimum Gasteiger partial charge on any atom is -0.508 e. The van der Waals surface area contributed by atoms with E-state index >= 15 is 0 Å². The lowest BCUT2D eigenvalue weighted by Crippen LogP contribution is -2.52. The van der Waals surface area contributed by atoms with E-state index in [2.05, 4.69) is 10.2 Å². The first-order valence-corrected chi connectivity index (χ1v) is 11.2. The molecule has 1 aromatic carbocycles. The van der Waals surface area contributed by atoms with Gasteiger partial charge in [0.15, 0.2) is 0 Å². The van der Waals surface area contributed by atoms with Gasteiger partial charge in [0, 0.05) is 26.2 Å². The smallest absolute Gasteiger partial charge is 0.248 e. The topological polar surface area (TPSA) is 82.1 Å². The third-order valence-corrected chi connectivity index (χ3v) is 6.45. The predicted molar refractivity (Wildman–Crippen MR) is 113 cm³/mol. The number of nitrogens with one attached hydrogen (secondary N) is 1. The van der Waals surface area contributed by atoms with Crippen molar-refractivity contribution in [2.24, 2.45) is 11.8 Å². The van der Waals surface area contributed by atoms with E-state index in [1.165, 1.54) is 19.4 Å². The van der Waals surface area contributed by atoms with Gasteiger partial charge in [-0.05, 0) is 68.3 Å². The molecule has 7 heteroatoms. The van der Waals surface area contributed by atoms with E-state index in [-0.39, 0.29) is 36.7 Å². The molecule has 2 aliphatic heterocycles. The second-order valence-electron chi connectivity index (χ2n) is 9.07. The third-order valence-electron chi connectivity index (χ3n) is 6.45. The first kappa shape index (κ1) is 21.1. The summed E-state index contributed by atoms with van der Waals surface area (Å²) in [7, 11) is 0. The van der Waals surface area contributed by atoms with Gasteiger partial charge in [0.05, 0.1) is 12.5 Å². The summed E-state index contributed by atoms with van der Waals surface area (Å²) >= 11 is 0. The molecule has 2 amide bonds. The molecular weight excluding hydrogens is 382 g/mol. The maximum atomic E-state index is 12.3. The number of piperidine rings is 1. The van der Waals surface area contributed by atoms with Crippen molar-refractivity contribution in [1.82, 2.24) is 15.1 Å². The van der Waals surface area contributed by atoms with Crippen LogP contribution in [0.5, 0.6) is 5.75 Å². The summed E-state index contributed by atoms with van der Waals surface area (Å²) in [5, 5.41) is 12.2. The molecule has 1 saturated carbocycles. The Balaban J connectivity index is 1.18. The second kappa shape index (κ2) is 9.79. The Kier molecular flexibility index (Phi) is 6.89. The Morgan fingerprint density at radius 1 is 1.07 bits per heavy atom. The highest BCUT2D eigenvalue weighted by Crippen LogP contribution is 2.31. The minimum absolute atomic E-state index is 0.0575. The Labute approximate surface area is 178 Å². The van der Waals surface area contributed by atoms with Gasteiger partial charge in [0.1, 0.15) is 12.4 Å². The highest BCUT2D eigenvalue weighted by molar-refractivity contribution is 5.79. The van der Waals surface area contributed by atoms with Crippen molar-refractivity contribution in [3.8, 4) is 5.75 Å². The average molecular weight is 416 g/mol. The van der Waals surface area contributed by atoms with Gasteiger partial charge in [-0.2, -0.15) is 0 Å². The Hall–Kier alpha value is -2.12. The molecule has 3 aliphatic rings. The van der Waals surface area contributed by atoms with Crippen LogP contribution in [-0.2, 0) is 20.7 Å². The Morgan fingerprint density at radius 3 is 2.47 bits per heavy atom. The van der Waals surface area contributed by atoms with Crippen molar-refractivity contribution in [3.63, 3.8) is 0 Å². The van der Waals surface area contributed by atoms with Gasteiger partial charge in [-0.3, -0.25) is 9.59 Å². The summed E-state index contributed by atoms with van der Waals surface area (Å²) < 4.78 is 5.65. The molecule has 30 heavy (non-hydrogen) atoms. The van der Waals surface area contributed by atoms with Crippen molar-refractivity contribution in [3.05, 3.63) is 29.8 Å². The number of nitrogens with zero attached hydrogens (tertiary/aromatic N) is 2. The molecule has 2 N–H and O–H groups in total. The molecule has 4 rings (SSSR count). The number of rotatable bonds is 8. The number of phenolic OH excluding ortho intramolecular Hbond substituents is 1. The quantitative estimate of drug-likeness (QED) is 0.671. The number of aromatic hydroxyl groups is 1. The normalized spacial score (nSPS) is 23.5. The van der Waals surface area contributed by atoms with Crippen LogP contribution in [0.4, 0.5) is 0 Å². The molecule has 7 nitrogen and oxygen atoms in total. The first-order valence-electron chi connectivity index (χ1n) is 11.2.